The van der Waals surface area contributed by atoms with E-state index in [4.69, 9.17) is 0 Å². The van der Waals surface area contributed by atoms with Crippen LogP contribution in [0.1, 0.15) is 42.5 Å². The first kappa shape index (κ1) is 18.0. The molecule has 4 atom stereocenters. The number of Topliss-reactive ketones (excluding diaryl/α,β-unsaturated/α-hetero) is 1. The Bertz CT molecular complexity index is 663. The molecule has 0 radical (unpaired) electrons. The minimum Gasteiger partial charge on any atom is -0.480 e. The molecule has 1 aromatic carbocycles. The first-order valence-corrected chi connectivity index (χ1v) is 8.77. The zero-order valence-electron chi connectivity index (χ0n) is 14.4. The third kappa shape index (κ3) is 2.51. The molecule has 3 rings (SSSR count). The molecule has 2 heterocycles. The zero-order chi connectivity index (χ0) is 18.2. The van der Waals surface area contributed by atoms with E-state index in [1.165, 1.54) is 0 Å². The molecule has 136 valence electrons. The first-order valence-electron chi connectivity index (χ1n) is 8.77. The highest BCUT2D eigenvalue weighted by atomic mass is 16.4. The predicted molar refractivity (Wildman–Crippen MR) is 91.3 cm³/mol. The van der Waals surface area contributed by atoms with E-state index in [1.807, 2.05) is 11.9 Å². The Morgan fingerprint density at radius 2 is 1.92 bits per heavy atom. The molecular formula is C19H25NO5. The van der Waals surface area contributed by atoms with Crippen molar-refractivity contribution in [1.29, 1.82) is 0 Å². The summed E-state index contributed by atoms with van der Waals surface area (Å²) < 4.78 is 0. The van der Waals surface area contributed by atoms with Crippen LogP contribution in [0.15, 0.2) is 30.3 Å². The summed E-state index contributed by atoms with van der Waals surface area (Å²) in [6.45, 7) is -0.150. The lowest BCUT2D eigenvalue weighted by Crippen LogP contribution is -2.70. The number of carboxylic acid groups (broad SMARTS) is 1. The average molecular weight is 347 g/mol. The summed E-state index contributed by atoms with van der Waals surface area (Å²) in [5, 5.41) is 30.9. The van der Waals surface area contributed by atoms with Gasteiger partial charge in [0.1, 0.15) is 0 Å². The lowest BCUT2D eigenvalue weighted by molar-refractivity contribution is -0.184. The van der Waals surface area contributed by atoms with Crippen molar-refractivity contribution in [1.82, 2.24) is 4.90 Å². The number of aliphatic hydroxyl groups excluding tert-OH is 1. The van der Waals surface area contributed by atoms with Crippen LogP contribution in [0, 0.1) is 5.41 Å². The van der Waals surface area contributed by atoms with Gasteiger partial charge in [-0.25, -0.2) is 0 Å². The Labute approximate surface area is 147 Å². The number of nitrogens with zero attached hydrogens (tertiary/aromatic N) is 1. The Balaban J connectivity index is 2.17. The van der Waals surface area contributed by atoms with Gasteiger partial charge in [0.15, 0.2) is 11.2 Å². The number of aliphatic hydroxyl groups is 2. The second kappa shape index (κ2) is 6.52. The molecule has 25 heavy (non-hydrogen) atoms. The van der Waals surface area contributed by atoms with Crippen LogP contribution >= 0.6 is 0 Å². The Morgan fingerprint density at radius 3 is 2.52 bits per heavy atom. The Morgan fingerprint density at radius 1 is 1.24 bits per heavy atom. The molecule has 0 aromatic heterocycles. The number of ketones is 1. The van der Waals surface area contributed by atoms with Gasteiger partial charge in [-0.15, -0.1) is 0 Å². The molecule has 6 nitrogen and oxygen atoms in total. The van der Waals surface area contributed by atoms with E-state index in [1.54, 1.807) is 30.3 Å². The number of carbonyl (C=O) groups excluding carboxylic acids is 1. The van der Waals surface area contributed by atoms with Crippen LogP contribution in [-0.2, 0) is 4.79 Å². The number of aliphatic carboxylic acids is 1. The fraction of sp³-hybridized carbons (Fsp3) is 0.579. The van der Waals surface area contributed by atoms with Crippen LogP contribution in [0.5, 0.6) is 0 Å². The topological polar surface area (TPSA) is 98.1 Å². The van der Waals surface area contributed by atoms with Crippen LogP contribution in [0.25, 0.3) is 0 Å². The smallest absolute Gasteiger partial charge is 0.322 e. The maximum atomic E-state index is 13.4. The second-order valence-corrected chi connectivity index (χ2v) is 7.28. The molecule has 3 N–H and O–H groups in total. The molecule has 0 spiro atoms. The highest BCUT2D eigenvalue weighted by molar-refractivity contribution is 6.14. The number of hydrogen-bond donors (Lipinski definition) is 3. The summed E-state index contributed by atoms with van der Waals surface area (Å²) in [4.78, 5) is 27.9. The monoisotopic (exact) mass is 347 g/mol. The van der Waals surface area contributed by atoms with E-state index < -0.39 is 28.8 Å². The molecule has 2 saturated heterocycles. The van der Waals surface area contributed by atoms with Gasteiger partial charge in [0.25, 0.3) is 0 Å². The Hall–Kier alpha value is -1.76. The van der Waals surface area contributed by atoms with Crippen molar-refractivity contribution in [2.24, 2.45) is 5.41 Å². The van der Waals surface area contributed by atoms with Crippen LogP contribution in [0.3, 0.4) is 0 Å². The molecule has 2 fully saturated rings. The Kier molecular flexibility index (Phi) is 4.70. The molecule has 0 saturated carbocycles. The van der Waals surface area contributed by atoms with Gasteiger partial charge in [-0.2, -0.15) is 0 Å². The molecular weight excluding hydrogens is 322 g/mol. The fourth-order valence-electron chi connectivity index (χ4n) is 4.93. The number of fused-ring (bicyclic) bond motifs is 2. The third-order valence-corrected chi connectivity index (χ3v) is 6.13. The van der Waals surface area contributed by atoms with Gasteiger partial charge in [-0.1, -0.05) is 30.3 Å². The maximum Gasteiger partial charge on any atom is 0.322 e. The van der Waals surface area contributed by atoms with Gasteiger partial charge >= 0.3 is 5.97 Å². The number of carboxylic acids is 1. The molecule has 2 bridgehead atoms. The summed E-state index contributed by atoms with van der Waals surface area (Å²) in [5.74, 6) is -1.82. The highest BCUT2D eigenvalue weighted by Gasteiger charge is 2.70. The van der Waals surface area contributed by atoms with Gasteiger partial charge < -0.3 is 15.3 Å². The van der Waals surface area contributed by atoms with Gasteiger partial charge in [-0.05, 0) is 39.2 Å². The maximum absolute atomic E-state index is 13.4. The lowest BCUT2D eigenvalue weighted by Gasteiger charge is -2.53. The SMILES string of the molecule is CN1[C@H]2CC[C@@H]1[C@](C(=O)O)(C(=O)c1ccccc1)[C@](O)(CCCO)C2. The van der Waals surface area contributed by atoms with E-state index in [0.717, 1.165) is 6.42 Å². The molecule has 1 aromatic rings. The first-order chi connectivity index (χ1) is 11.9. The number of piperidine rings is 1. The minimum atomic E-state index is -1.93. The fourth-order valence-corrected chi connectivity index (χ4v) is 4.93. The summed E-state index contributed by atoms with van der Waals surface area (Å²) >= 11 is 0. The summed E-state index contributed by atoms with van der Waals surface area (Å²) in [6.07, 6.45) is 1.91. The largest absolute Gasteiger partial charge is 0.480 e. The minimum absolute atomic E-state index is 0.0599. The van der Waals surface area contributed by atoms with E-state index in [0.29, 0.717) is 12.0 Å². The van der Waals surface area contributed by atoms with Crippen molar-refractivity contribution < 1.29 is 24.9 Å². The quantitative estimate of drug-likeness (QED) is 0.530. The molecule has 0 unspecified atom stereocenters. The predicted octanol–water partition coefficient (Wildman–Crippen LogP) is 1.31. The summed E-state index contributed by atoms with van der Waals surface area (Å²) in [5.41, 5.74) is -3.30. The van der Waals surface area contributed by atoms with Gasteiger partial charge in [0, 0.05) is 24.3 Å². The van der Waals surface area contributed by atoms with Crippen molar-refractivity contribution in [2.45, 2.75) is 49.8 Å². The second-order valence-electron chi connectivity index (χ2n) is 7.28. The summed E-state index contributed by atoms with van der Waals surface area (Å²) in [6, 6.07) is 7.85. The number of carbonyl (C=O) groups is 2. The van der Waals surface area contributed by atoms with Crippen molar-refractivity contribution >= 4 is 11.8 Å². The van der Waals surface area contributed by atoms with E-state index in [-0.39, 0.29) is 31.9 Å². The molecule has 2 aliphatic rings. The number of rotatable bonds is 6. The lowest BCUT2D eigenvalue weighted by atomic mass is 9.58. The number of benzene rings is 1. The van der Waals surface area contributed by atoms with Crippen LogP contribution < -0.4 is 0 Å². The van der Waals surface area contributed by atoms with E-state index in [2.05, 4.69) is 0 Å². The van der Waals surface area contributed by atoms with Crippen molar-refractivity contribution in [3.05, 3.63) is 35.9 Å². The van der Waals surface area contributed by atoms with Gasteiger partial charge in [0.05, 0.1) is 5.60 Å². The van der Waals surface area contributed by atoms with E-state index >= 15 is 0 Å². The standard InChI is InChI=1S/C19H25NO5/c1-20-14-8-9-15(20)19(17(23)24,18(25,12-14)10-5-11-21)16(22)13-6-3-2-4-7-13/h2-4,6-7,14-15,21,25H,5,8-12H2,1H3,(H,23,24)/t14-,15+,18-,19+/m0/s1. The van der Waals surface area contributed by atoms with Gasteiger partial charge in [0.2, 0.25) is 0 Å². The molecule has 6 heteroatoms. The molecule has 0 amide bonds. The van der Waals surface area contributed by atoms with Crippen molar-refractivity contribution in [3.8, 4) is 0 Å². The zero-order valence-corrected chi connectivity index (χ0v) is 14.4. The van der Waals surface area contributed by atoms with Gasteiger partial charge in [-0.3, -0.25) is 14.5 Å². The average Bonchev–Trinajstić information content (AvgIpc) is 2.87. The highest BCUT2D eigenvalue weighted by Crippen LogP contribution is 2.55. The number of hydrogen-bond acceptors (Lipinski definition) is 5. The molecule has 2 aliphatic heterocycles. The van der Waals surface area contributed by atoms with Crippen LogP contribution in [-0.4, -0.2) is 63.3 Å². The third-order valence-electron chi connectivity index (χ3n) is 6.13. The normalized spacial score (nSPS) is 34.8. The molecule has 0 aliphatic carbocycles. The van der Waals surface area contributed by atoms with Crippen LogP contribution in [0.2, 0.25) is 0 Å². The van der Waals surface area contributed by atoms with E-state index in [9.17, 15) is 24.9 Å². The summed E-state index contributed by atoms with van der Waals surface area (Å²) in [7, 11) is 1.84. The van der Waals surface area contributed by atoms with Crippen molar-refractivity contribution in [3.63, 3.8) is 0 Å². The van der Waals surface area contributed by atoms with Crippen molar-refractivity contribution in [2.75, 3.05) is 13.7 Å². The van der Waals surface area contributed by atoms with Crippen LogP contribution in [0.4, 0.5) is 0 Å².